The Kier molecular flexibility index (Phi) is 4.87. The number of nitrogens with two attached hydrogens (primary N) is 1. The molecule has 0 bridgehead atoms. The second-order valence-electron chi connectivity index (χ2n) is 5.86. The number of hydrogen-bond acceptors (Lipinski definition) is 5. The second kappa shape index (κ2) is 6.65. The van der Waals surface area contributed by atoms with Crippen molar-refractivity contribution in [1.29, 1.82) is 0 Å². The molecule has 2 N–H and O–H groups in total. The van der Waals surface area contributed by atoms with Crippen LogP contribution >= 0.6 is 0 Å². The Balaban J connectivity index is 2.07. The quantitative estimate of drug-likeness (QED) is 0.917. The Morgan fingerprint density at radius 1 is 1.32 bits per heavy atom. The summed E-state index contributed by atoms with van der Waals surface area (Å²) < 4.78 is 17.8. The Labute approximate surface area is 128 Å². The van der Waals surface area contributed by atoms with Gasteiger partial charge in [-0.3, -0.25) is 0 Å². The molecule has 0 saturated heterocycles. The van der Waals surface area contributed by atoms with E-state index in [2.05, 4.69) is 15.4 Å². The van der Waals surface area contributed by atoms with E-state index < -0.39 is 0 Å². The zero-order valence-electron chi connectivity index (χ0n) is 13.0. The third-order valence-corrected chi connectivity index (χ3v) is 2.97. The van der Waals surface area contributed by atoms with Gasteiger partial charge >= 0.3 is 0 Å². The van der Waals surface area contributed by atoms with Gasteiger partial charge in [0.05, 0.1) is 11.9 Å². The van der Waals surface area contributed by atoms with Crippen molar-refractivity contribution in [1.82, 2.24) is 20.2 Å². The molecule has 0 saturated carbocycles. The molecule has 1 heterocycles. The third-order valence-electron chi connectivity index (χ3n) is 2.97. The highest BCUT2D eigenvalue weighted by atomic mass is 19.1. The highest BCUT2D eigenvalue weighted by molar-refractivity contribution is 5.55. The van der Waals surface area contributed by atoms with Crippen molar-refractivity contribution in [3.63, 3.8) is 0 Å². The van der Waals surface area contributed by atoms with Crippen molar-refractivity contribution in [3.8, 4) is 17.1 Å². The first-order valence-corrected chi connectivity index (χ1v) is 6.96. The predicted octanol–water partition coefficient (Wildman–Crippen LogP) is 2.29. The van der Waals surface area contributed by atoms with Crippen molar-refractivity contribution < 1.29 is 9.13 Å². The summed E-state index contributed by atoms with van der Waals surface area (Å²) in [6, 6.07) is 7.22. The maximum Gasteiger partial charge on any atom is 0.204 e. The van der Waals surface area contributed by atoms with Crippen LogP contribution in [0.3, 0.4) is 0 Å². The molecule has 2 aromatic rings. The zero-order valence-corrected chi connectivity index (χ0v) is 13.0. The molecule has 22 heavy (non-hydrogen) atoms. The fourth-order valence-electron chi connectivity index (χ4n) is 1.63. The lowest BCUT2D eigenvalue weighted by molar-refractivity contribution is 0.306. The molecule has 0 aliphatic carbocycles. The Morgan fingerprint density at radius 3 is 2.50 bits per heavy atom. The summed E-state index contributed by atoms with van der Waals surface area (Å²) in [4.78, 5) is 1.58. The van der Waals surface area contributed by atoms with Gasteiger partial charge in [-0.25, -0.2) is 4.39 Å². The molecule has 6 nitrogen and oxygen atoms in total. The topological polar surface area (TPSA) is 78.8 Å². The van der Waals surface area contributed by atoms with E-state index in [9.17, 15) is 4.39 Å². The van der Waals surface area contributed by atoms with Crippen molar-refractivity contribution in [2.45, 2.75) is 26.3 Å². The number of hydrogen-bond donors (Lipinski definition) is 1. The lowest BCUT2D eigenvalue weighted by Gasteiger charge is -2.15. The number of halogens is 1. The molecule has 0 atom stereocenters. The number of rotatable bonds is 5. The molecule has 0 fully saturated rings. The molecular formula is C15H20FN5O. The predicted molar refractivity (Wildman–Crippen MR) is 82.0 cm³/mol. The molecule has 0 unspecified atom stereocenters. The molecule has 1 aromatic heterocycles. The van der Waals surface area contributed by atoms with Gasteiger partial charge in [-0.05, 0) is 50.3 Å². The first-order chi connectivity index (χ1) is 10.4. The van der Waals surface area contributed by atoms with Crippen LogP contribution in [0, 0.1) is 0 Å². The first kappa shape index (κ1) is 16.1. The van der Waals surface area contributed by atoms with Gasteiger partial charge in [-0.15, -0.1) is 10.2 Å². The SMILES string of the molecule is CC(C)(C)n1nnc(-c2ccc(OC/C(=C/F)CN)cc2)n1. The van der Waals surface area contributed by atoms with Crippen LogP contribution in [-0.4, -0.2) is 33.4 Å². The highest BCUT2D eigenvalue weighted by Gasteiger charge is 2.17. The van der Waals surface area contributed by atoms with Crippen LogP contribution in [0.5, 0.6) is 5.75 Å². The standard InChI is InChI=1S/C15H20FN5O/c1-15(2,3)21-19-14(18-20-21)12-4-6-13(7-5-12)22-10-11(8-16)9-17/h4-8H,9-10,17H2,1-3H3/b11-8+. The average molecular weight is 305 g/mol. The molecule has 7 heteroatoms. The van der Waals surface area contributed by atoms with E-state index in [0.29, 0.717) is 23.5 Å². The van der Waals surface area contributed by atoms with Crippen LogP contribution in [0.4, 0.5) is 4.39 Å². The van der Waals surface area contributed by atoms with Gasteiger partial charge in [0.25, 0.3) is 0 Å². The van der Waals surface area contributed by atoms with Crippen molar-refractivity contribution in [3.05, 3.63) is 36.2 Å². The normalized spacial score (nSPS) is 12.5. The van der Waals surface area contributed by atoms with Crippen molar-refractivity contribution in [2.75, 3.05) is 13.2 Å². The number of nitrogens with zero attached hydrogens (tertiary/aromatic N) is 4. The average Bonchev–Trinajstić information content (AvgIpc) is 2.99. The monoisotopic (exact) mass is 305 g/mol. The van der Waals surface area contributed by atoms with E-state index in [-0.39, 0.29) is 18.7 Å². The maximum atomic E-state index is 12.4. The number of tetrazole rings is 1. The lowest BCUT2D eigenvalue weighted by atomic mass is 10.1. The van der Waals surface area contributed by atoms with Gasteiger partial charge in [0, 0.05) is 17.7 Å². The van der Waals surface area contributed by atoms with E-state index >= 15 is 0 Å². The Morgan fingerprint density at radius 2 is 2.00 bits per heavy atom. The molecule has 0 aliphatic rings. The maximum absolute atomic E-state index is 12.4. The molecule has 0 amide bonds. The smallest absolute Gasteiger partial charge is 0.204 e. The van der Waals surface area contributed by atoms with E-state index in [1.165, 1.54) is 0 Å². The highest BCUT2D eigenvalue weighted by Crippen LogP contribution is 2.20. The minimum atomic E-state index is -0.217. The van der Waals surface area contributed by atoms with Gasteiger partial charge in [0.2, 0.25) is 5.82 Å². The lowest BCUT2D eigenvalue weighted by Crippen LogP contribution is -2.24. The van der Waals surface area contributed by atoms with E-state index in [1.54, 1.807) is 16.9 Å². The van der Waals surface area contributed by atoms with E-state index in [1.807, 2.05) is 32.9 Å². The number of benzene rings is 1. The molecule has 0 aliphatic heterocycles. The van der Waals surface area contributed by atoms with Crippen LogP contribution < -0.4 is 10.5 Å². The molecule has 2 rings (SSSR count). The summed E-state index contributed by atoms with van der Waals surface area (Å²) >= 11 is 0. The number of ether oxygens (including phenoxy) is 1. The van der Waals surface area contributed by atoms with Crippen LogP contribution in [0.25, 0.3) is 11.4 Å². The molecule has 118 valence electrons. The molecule has 0 spiro atoms. The van der Waals surface area contributed by atoms with E-state index in [4.69, 9.17) is 10.5 Å². The van der Waals surface area contributed by atoms with Crippen LogP contribution in [0.1, 0.15) is 20.8 Å². The van der Waals surface area contributed by atoms with Crippen LogP contribution in [-0.2, 0) is 5.54 Å². The first-order valence-electron chi connectivity index (χ1n) is 6.96. The van der Waals surface area contributed by atoms with Gasteiger partial charge in [0.15, 0.2) is 0 Å². The summed E-state index contributed by atoms with van der Waals surface area (Å²) in [5.41, 5.74) is 6.39. The second-order valence-corrected chi connectivity index (χ2v) is 5.86. The summed E-state index contributed by atoms with van der Waals surface area (Å²) in [5, 5.41) is 12.5. The summed E-state index contributed by atoms with van der Waals surface area (Å²) in [6.07, 6.45) is 0.475. The Hall–Kier alpha value is -2.28. The van der Waals surface area contributed by atoms with Crippen molar-refractivity contribution >= 4 is 0 Å². The van der Waals surface area contributed by atoms with Gasteiger partial charge < -0.3 is 10.5 Å². The fraction of sp³-hybridized carbons (Fsp3) is 0.400. The summed E-state index contributed by atoms with van der Waals surface area (Å²) in [7, 11) is 0. The Bertz CT molecular complexity index is 643. The summed E-state index contributed by atoms with van der Waals surface area (Å²) in [6.45, 7) is 6.27. The van der Waals surface area contributed by atoms with Crippen LogP contribution in [0.15, 0.2) is 36.2 Å². The molecule has 1 aromatic carbocycles. The largest absolute Gasteiger partial charge is 0.489 e. The summed E-state index contributed by atoms with van der Waals surface area (Å²) in [5.74, 6) is 1.17. The van der Waals surface area contributed by atoms with Gasteiger partial charge in [0.1, 0.15) is 12.4 Å². The minimum absolute atomic E-state index is 0.130. The van der Waals surface area contributed by atoms with E-state index in [0.717, 1.165) is 5.56 Å². The van der Waals surface area contributed by atoms with Crippen LogP contribution in [0.2, 0.25) is 0 Å². The minimum Gasteiger partial charge on any atom is -0.489 e. The number of aromatic nitrogens is 4. The molecule has 0 radical (unpaired) electrons. The van der Waals surface area contributed by atoms with Crippen molar-refractivity contribution in [2.24, 2.45) is 5.73 Å². The van der Waals surface area contributed by atoms with Gasteiger partial charge in [-0.2, -0.15) is 4.80 Å². The fourth-order valence-corrected chi connectivity index (χ4v) is 1.63. The van der Waals surface area contributed by atoms with Gasteiger partial charge in [-0.1, -0.05) is 0 Å². The molecular weight excluding hydrogens is 285 g/mol. The zero-order chi connectivity index (χ0) is 16.2. The third kappa shape index (κ3) is 3.88.